The van der Waals surface area contributed by atoms with Crippen molar-refractivity contribution in [1.82, 2.24) is 10.9 Å². The highest BCUT2D eigenvalue weighted by atomic mass is 16.4. The van der Waals surface area contributed by atoms with E-state index in [0.717, 1.165) is 6.42 Å². The van der Waals surface area contributed by atoms with Gasteiger partial charge >= 0.3 is 5.97 Å². The summed E-state index contributed by atoms with van der Waals surface area (Å²) in [7, 11) is 0. The molecule has 128 valence electrons. The number of hydrogen-bond acceptors (Lipinski definition) is 3. The Morgan fingerprint density at radius 1 is 0.957 bits per heavy atom. The van der Waals surface area contributed by atoms with Gasteiger partial charge in [0.25, 0.3) is 0 Å². The van der Waals surface area contributed by atoms with Crippen molar-refractivity contribution in [2.24, 2.45) is 17.8 Å². The number of rotatable bonds is 5. The lowest BCUT2D eigenvalue weighted by Gasteiger charge is -2.24. The standard InChI is InChI=1S/C17H26N2O4/c20-15(11-10-12-6-2-1-3-7-12)18-19-16(21)13-8-4-5-9-14(13)17(22)23/h4-5,12-14H,1-3,6-11H2,(H,18,20)(H,19,21)(H,22,23). The number of carbonyl (C=O) groups is 3. The third kappa shape index (κ3) is 5.37. The molecule has 0 aliphatic heterocycles. The molecule has 0 radical (unpaired) electrons. The fourth-order valence-electron chi connectivity index (χ4n) is 3.47. The number of carboxylic acid groups (broad SMARTS) is 1. The third-order valence-electron chi connectivity index (χ3n) is 4.92. The SMILES string of the molecule is O=C(CCC1CCCCC1)NNC(=O)C1CC=CCC1C(=O)O. The zero-order valence-electron chi connectivity index (χ0n) is 13.4. The van der Waals surface area contributed by atoms with Crippen molar-refractivity contribution < 1.29 is 19.5 Å². The molecule has 0 bridgehead atoms. The first-order valence-corrected chi connectivity index (χ1v) is 8.54. The summed E-state index contributed by atoms with van der Waals surface area (Å²) in [6.45, 7) is 0. The predicted molar refractivity (Wildman–Crippen MR) is 85.1 cm³/mol. The molecule has 2 rings (SSSR count). The van der Waals surface area contributed by atoms with Gasteiger partial charge in [-0.2, -0.15) is 0 Å². The van der Waals surface area contributed by atoms with Crippen LogP contribution in [0.1, 0.15) is 57.8 Å². The summed E-state index contributed by atoms with van der Waals surface area (Å²) in [5.41, 5.74) is 4.81. The molecule has 2 atom stereocenters. The van der Waals surface area contributed by atoms with Crippen LogP contribution < -0.4 is 10.9 Å². The minimum absolute atomic E-state index is 0.206. The number of carboxylic acids is 1. The molecule has 0 aromatic rings. The number of hydrogen-bond donors (Lipinski definition) is 3. The van der Waals surface area contributed by atoms with Crippen molar-refractivity contribution in [3.05, 3.63) is 12.2 Å². The van der Waals surface area contributed by atoms with E-state index in [4.69, 9.17) is 5.11 Å². The lowest BCUT2D eigenvalue weighted by Crippen LogP contribution is -2.47. The number of carbonyl (C=O) groups excluding carboxylic acids is 2. The second-order valence-corrected chi connectivity index (χ2v) is 6.57. The number of amides is 2. The molecule has 23 heavy (non-hydrogen) atoms. The Hall–Kier alpha value is -1.85. The van der Waals surface area contributed by atoms with E-state index in [0.29, 0.717) is 25.2 Å². The molecule has 6 nitrogen and oxygen atoms in total. The highest BCUT2D eigenvalue weighted by Crippen LogP contribution is 2.27. The van der Waals surface area contributed by atoms with Crippen LogP contribution in [0.25, 0.3) is 0 Å². The van der Waals surface area contributed by atoms with Gasteiger partial charge in [-0.15, -0.1) is 0 Å². The first kappa shape index (κ1) is 17.5. The van der Waals surface area contributed by atoms with Gasteiger partial charge in [0.1, 0.15) is 0 Å². The summed E-state index contributed by atoms with van der Waals surface area (Å²) in [5, 5.41) is 9.16. The van der Waals surface area contributed by atoms with Gasteiger partial charge in [0, 0.05) is 6.42 Å². The van der Waals surface area contributed by atoms with Gasteiger partial charge in [-0.25, -0.2) is 0 Å². The van der Waals surface area contributed by atoms with Gasteiger partial charge in [0.15, 0.2) is 0 Å². The van der Waals surface area contributed by atoms with Crippen LogP contribution >= 0.6 is 0 Å². The number of aliphatic carboxylic acids is 1. The molecule has 2 unspecified atom stereocenters. The molecule has 0 aromatic carbocycles. The predicted octanol–water partition coefficient (Wildman–Crippen LogP) is 2.16. The summed E-state index contributed by atoms with van der Waals surface area (Å²) >= 11 is 0. The van der Waals surface area contributed by atoms with Crippen molar-refractivity contribution in [2.45, 2.75) is 57.8 Å². The zero-order chi connectivity index (χ0) is 16.7. The highest BCUT2D eigenvalue weighted by Gasteiger charge is 2.34. The Labute approximate surface area is 136 Å². The summed E-state index contributed by atoms with van der Waals surface area (Å²) in [5.74, 6) is -2.34. The second kappa shape index (κ2) is 8.70. The van der Waals surface area contributed by atoms with E-state index in [1.54, 1.807) is 6.08 Å². The smallest absolute Gasteiger partial charge is 0.307 e. The summed E-state index contributed by atoms with van der Waals surface area (Å²) < 4.78 is 0. The molecule has 2 amide bonds. The van der Waals surface area contributed by atoms with Gasteiger partial charge in [-0.05, 0) is 25.2 Å². The first-order chi connectivity index (χ1) is 11.1. The zero-order valence-corrected chi connectivity index (χ0v) is 13.4. The Morgan fingerprint density at radius 3 is 2.26 bits per heavy atom. The summed E-state index contributed by atoms with van der Waals surface area (Å²) in [6, 6.07) is 0. The van der Waals surface area contributed by atoms with Gasteiger partial charge in [-0.3, -0.25) is 25.2 Å². The maximum Gasteiger partial charge on any atom is 0.307 e. The number of nitrogens with one attached hydrogen (secondary N) is 2. The Kier molecular flexibility index (Phi) is 6.62. The average Bonchev–Trinajstić information content (AvgIpc) is 2.58. The lowest BCUT2D eigenvalue weighted by molar-refractivity contribution is -0.147. The second-order valence-electron chi connectivity index (χ2n) is 6.57. The molecule has 3 N–H and O–H groups in total. The largest absolute Gasteiger partial charge is 0.481 e. The van der Waals surface area contributed by atoms with Crippen LogP contribution in [0.5, 0.6) is 0 Å². The van der Waals surface area contributed by atoms with Crippen LogP contribution in [0.2, 0.25) is 0 Å². The third-order valence-corrected chi connectivity index (χ3v) is 4.92. The highest BCUT2D eigenvalue weighted by molar-refractivity contribution is 5.87. The maximum absolute atomic E-state index is 12.1. The van der Waals surface area contributed by atoms with Crippen molar-refractivity contribution in [3.63, 3.8) is 0 Å². The van der Waals surface area contributed by atoms with Gasteiger partial charge in [0.05, 0.1) is 11.8 Å². The van der Waals surface area contributed by atoms with E-state index in [-0.39, 0.29) is 5.91 Å². The fraction of sp³-hybridized carbons (Fsp3) is 0.706. The maximum atomic E-state index is 12.1. The Bertz CT molecular complexity index is 469. The van der Waals surface area contributed by atoms with E-state index < -0.39 is 23.7 Å². The first-order valence-electron chi connectivity index (χ1n) is 8.54. The van der Waals surface area contributed by atoms with Crippen molar-refractivity contribution >= 4 is 17.8 Å². The molecule has 1 saturated carbocycles. The van der Waals surface area contributed by atoms with E-state index in [1.165, 1.54) is 32.1 Å². The van der Waals surface area contributed by atoms with Crippen LogP contribution in [0.4, 0.5) is 0 Å². The normalized spacial score (nSPS) is 24.9. The van der Waals surface area contributed by atoms with Crippen molar-refractivity contribution in [1.29, 1.82) is 0 Å². The van der Waals surface area contributed by atoms with Gasteiger partial charge < -0.3 is 5.11 Å². The summed E-state index contributed by atoms with van der Waals surface area (Å²) in [6.07, 6.45) is 11.7. The lowest BCUT2D eigenvalue weighted by atomic mass is 9.82. The van der Waals surface area contributed by atoms with E-state index in [1.807, 2.05) is 6.08 Å². The summed E-state index contributed by atoms with van der Waals surface area (Å²) in [4.78, 5) is 35.1. The van der Waals surface area contributed by atoms with Crippen LogP contribution in [0.15, 0.2) is 12.2 Å². The van der Waals surface area contributed by atoms with Crippen molar-refractivity contribution in [3.8, 4) is 0 Å². The van der Waals surface area contributed by atoms with Gasteiger partial charge in [0.2, 0.25) is 11.8 Å². The molecular formula is C17H26N2O4. The molecule has 0 heterocycles. The fourth-order valence-corrected chi connectivity index (χ4v) is 3.47. The Morgan fingerprint density at radius 2 is 1.61 bits per heavy atom. The minimum Gasteiger partial charge on any atom is -0.481 e. The van der Waals surface area contributed by atoms with E-state index in [9.17, 15) is 14.4 Å². The monoisotopic (exact) mass is 322 g/mol. The van der Waals surface area contributed by atoms with Crippen molar-refractivity contribution in [2.75, 3.05) is 0 Å². The molecule has 0 aromatic heterocycles. The molecule has 1 fully saturated rings. The van der Waals surface area contributed by atoms with E-state index >= 15 is 0 Å². The average molecular weight is 322 g/mol. The van der Waals surface area contributed by atoms with Crippen LogP contribution in [-0.2, 0) is 14.4 Å². The minimum atomic E-state index is -0.974. The molecule has 6 heteroatoms. The molecule has 2 aliphatic carbocycles. The number of hydrazine groups is 1. The quantitative estimate of drug-likeness (QED) is 0.534. The molecule has 0 spiro atoms. The molecule has 0 saturated heterocycles. The topological polar surface area (TPSA) is 95.5 Å². The van der Waals surface area contributed by atoms with Crippen LogP contribution in [0.3, 0.4) is 0 Å². The Balaban J connectivity index is 1.71. The van der Waals surface area contributed by atoms with Crippen LogP contribution in [-0.4, -0.2) is 22.9 Å². The van der Waals surface area contributed by atoms with E-state index in [2.05, 4.69) is 10.9 Å². The number of allylic oxidation sites excluding steroid dienone is 2. The molecule has 2 aliphatic rings. The molecular weight excluding hydrogens is 296 g/mol. The van der Waals surface area contributed by atoms with Gasteiger partial charge in [-0.1, -0.05) is 44.3 Å². The van der Waals surface area contributed by atoms with Crippen LogP contribution in [0, 0.1) is 17.8 Å².